The molecule has 0 saturated carbocycles. The molecule has 2 aromatic carbocycles. The number of anilines is 1. The van der Waals surface area contributed by atoms with Crippen LogP contribution >= 0.6 is 0 Å². The number of carbonyl (C=O) groups excluding carboxylic acids is 1. The third kappa shape index (κ3) is 3.63. The van der Waals surface area contributed by atoms with Crippen molar-refractivity contribution in [3.8, 4) is 0 Å². The normalized spacial score (nSPS) is 12.4. The molecule has 5 nitrogen and oxygen atoms in total. The summed E-state index contributed by atoms with van der Waals surface area (Å²) in [6, 6.07) is 17.3. The number of rotatable bonds is 6. The number of nitrogens with one attached hydrogen (secondary N) is 3. The molecular weight excluding hydrogens is 300 g/mol. The molecular formula is C19H20N4O. The molecule has 0 aliphatic rings. The number of H-pyrrole nitrogens is 1. The second-order valence-corrected chi connectivity index (χ2v) is 5.50. The van der Waals surface area contributed by atoms with Crippen molar-refractivity contribution in [3.05, 3.63) is 66.4 Å². The molecule has 3 rings (SSSR count). The van der Waals surface area contributed by atoms with Crippen LogP contribution in [0, 0.1) is 0 Å². The number of carbonyl (C=O) groups is 1. The Morgan fingerprint density at radius 2 is 1.92 bits per heavy atom. The molecule has 1 unspecified atom stereocenters. The standard InChI is InChI=1S/C19H20N4O/c1-2-17(22-15-8-4-3-5-9-15)19(24)23-21-13-14-12-20-18-11-7-6-10-16(14)18/h3-13,17,20,22H,2H2,1H3,(H,23,24)/b21-13+. The van der Waals surface area contributed by atoms with Crippen molar-refractivity contribution in [3.63, 3.8) is 0 Å². The minimum Gasteiger partial charge on any atom is -0.374 e. The SMILES string of the molecule is CCC(Nc1ccccc1)C(=O)N/N=C/c1c[nH]c2ccccc12. The van der Waals surface area contributed by atoms with Crippen molar-refractivity contribution in [2.24, 2.45) is 5.10 Å². The van der Waals surface area contributed by atoms with Gasteiger partial charge in [0.1, 0.15) is 6.04 Å². The van der Waals surface area contributed by atoms with E-state index in [1.807, 2.05) is 67.7 Å². The lowest BCUT2D eigenvalue weighted by Crippen LogP contribution is -2.36. The minimum absolute atomic E-state index is 0.155. The zero-order valence-electron chi connectivity index (χ0n) is 13.5. The fraction of sp³-hybridized carbons (Fsp3) is 0.158. The Labute approximate surface area is 140 Å². The Morgan fingerprint density at radius 3 is 2.71 bits per heavy atom. The zero-order chi connectivity index (χ0) is 16.8. The van der Waals surface area contributed by atoms with E-state index in [-0.39, 0.29) is 11.9 Å². The second kappa shape index (κ2) is 7.46. The van der Waals surface area contributed by atoms with Crippen LogP contribution < -0.4 is 10.7 Å². The molecule has 0 aliphatic carbocycles. The van der Waals surface area contributed by atoms with Crippen molar-refractivity contribution in [1.82, 2.24) is 10.4 Å². The van der Waals surface area contributed by atoms with Gasteiger partial charge in [-0.25, -0.2) is 5.43 Å². The molecule has 1 amide bonds. The van der Waals surface area contributed by atoms with Crippen LogP contribution in [-0.2, 0) is 4.79 Å². The maximum Gasteiger partial charge on any atom is 0.262 e. The first-order valence-electron chi connectivity index (χ1n) is 7.98. The average Bonchev–Trinajstić information content (AvgIpc) is 3.04. The first-order valence-corrected chi connectivity index (χ1v) is 7.98. The topological polar surface area (TPSA) is 69.3 Å². The third-order valence-corrected chi connectivity index (χ3v) is 3.84. The zero-order valence-corrected chi connectivity index (χ0v) is 13.5. The number of para-hydroxylation sites is 2. The summed E-state index contributed by atoms with van der Waals surface area (Å²) in [7, 11) is 0. The summed E-state index contributed by atoms with van der Waals surface area (Å²) < 4.78 is 0. The predicted molar refractivity (Wildman–Crippen MR) is 98.2 cm³/mol. The molecule has 0 radical (unpaired) electrons. The molecule has 0 fully saturated rings. The molecule has 5 heteroatoms. The highest BCUT2D eigenvalue weighted by molar-refractivity contribution is 5.99. The maximum atomic E-state index is 12.3. The van der Waals surface area contributed by atoms with Gasteiger partial charge < -0.3 is 10.3 Å². The van der Waals surface area contributed by atoms with Crippen molar-refractivity contribution in [2.75, 3.05) is 5.32 Å². The predicted octanol–water partition coefficient (Wildman–Crippen LogP) is 3.51. The number of aromatic amines is 1. The Balaban J connectivity index is 1.63. The van der Waals surface area contributed by atoms with Crippen molar-refractivity contribution in [1.29, 1.82) is 0 Å². The van der Waals surface area contributed by atoms with E-state index in [9.17, 15) is 4.79 Å². The molecule has 0 bridgehead atoms. The molecule has 0 aliphatic heterocycles. The number of fused-ring (bicyclic) bond motifs is 1. The van der Waals surface area contributed by atoms with E-state index < -0.39 is 0 Å². The number of nitrogens with zero attached hydrogens (tertiary/aromatic N) is 1. The van der Waals surface area contributed by atoms with Gasteiger partial charge in [-0.2, -0.15) is 5.10 Å². The smallest absolute Gasteiger partial charge is 0.262 e. The van der Waals surface area contributed by atoms with Crippen LogP contribution in [0.3, 0.4) is 0 Å². The van der Waals surface area contributed by atoms with Gasteiger partial charge in [-0.3, -0.25) is 4.79 Å². The summed E-state index contributed by atoms with van der Waals surface area (Å²) in [5.74, 6) is -0.155. The van der Waals surface area contributed by atoms with E-state index in [2.05, 4.69) is 20.8 Å². The van der Waals surface area contributed by atoms with Crippen LogP contribution in [0.5, 0.6) is 0 Å². The molecule has 1 atom stereocenters. The maximum absolute atomic E-state index is 12.3. The van der Waals surface area contributed by atoms with E-state index in [1.165, 1.54) is 0 Å². The highest BCUT2D eigenvalue weighted by atomic mass is 16.2. The van der Waals surface area contributed by atoms with E-state index in [1.54, 1.807) is 6.21 Å². The lowest BCUT2D eigenvalue weighted by molar-refractivity contribution is -0.121. The number of hydrogen-bond donors (Lipinski definition) is 3. The van der Waals surface area contributed by atoms with Crippen molar-refractivity contribution < 1.29 is 4.79 Å². The van der Waals surface area contributed by atoms with Crippen molar-refractivity contribution in [2.45, 2.75) is 19.4 Å². The van der Waals surface area contributed by atoms with E-state index in [0.717, 1.165) is 22.2 Å². The molecule has 0 spiro atoms. The summed E-state index contributed by atoms with van der Waals surface area (Å²) in [6.45, 7) is 1.96. The summed E-state index contributed by atoms with van der Waals surface area (Å²) >= 11 is 0. The fourth-order valence-electron chi connectivity index (χ4n) is 2.53. The highest BCUT2D eigenvalue weighted by Gasteiger charge is 2.15. The number of aromatic nitrogens is 1. The van der Waals surface area contributed by atoms with Gasteiger partial charge in [-0.1, -0.05) is 43.3 Å². The molecule has 3 N–H and O–H groups in total. The molecule has 24 heavy (non-hydrogen) atoms. The summed E-state index contributed by atoms with van der Waals surface area (Å²) in [5, 5.41) is 8.37. The lowest BCUT2D eigenvalue weighted by atomic mass is 10.2. The molecule has 1 aromatic heterocycles. The van der Waals surface area contributed by atoms with Gasteiger partial charge in [-0.05, 0) is 24.6 Å². The third-order valence-electron chi connectivity index (χ3n) is 3.84. The number of amides is 1. The highest BCUT2D eigenvalue weighted by Crippen LogP contribution is 2.15. The molecule has 0 saturated heterocycles. The van der Waals surface area contributed by atoms with Gasteiger partial charge in [0.2, 0.25) is 0 Å². The van der Waals surface area contributed by atoms with E-state index in [4.69, 9.17) is 0 Å². The first-order chi connectivity index (χ1) is 11.8. The number of hydrazone groups is 1. The monoisotopic (exact) mass is 320 g/mol. The largest absolute Gasteiger partial charge is 0.374 e. The van der Waals surface area contributed by atoms with Gasteiger partial charge in [0.15, 0.2) is 0 Å². The Morgan fingerprint density at radius 1 is 1.17 bits per heavy atom. The number of hydrogen-bond acceptors (Lipinski definition) is 3. The van der Waals surface area contributed by atoms with Gasteiger partial charge in [0, 0.05) is 28.4 Å². The van der Waals surface area contributed by atoms with Crippen LogP contribution in [0.4, 0.5) is 5.69 Å². The molecule has 122 valence electrons. The molecule has 3 aromatic rings. The Kier molecular flexibility index (Phi) is 4.91. The fourth-order valence-corrected chi connectivity index (χ4v) is 2.53. The quantitative estimate of drug-likeness (QED) is 0.480. The van der Waals surface area contributed by atoms with Crippen molar-refractivity contribution >= 4 is 28.7 Å². The van der Waals surface area contributed by atoms with E-state index >= 15 is 0 Å². The summed E-state index contributed by atoms with van der Waals surface area (Å²) in [6.07, 6.45) is 4.20. The lowest BCUT2D eigenvalue weighted by Gasteiger charge is -2.16. The Hall–Kier alpha value is -3.08. The van der Waals surface area contributed by atoms with E-state index in [0.29, 0.717) is 6.42 Å². The second-order valence-electron chi connectivity index (χ2n) is 5.50. The van der Waals surface area contributed by atoms with Gasteiger partial charge in [0.05, 0.1) is 6.21 Å². The average molecular weight is 320 g/mol. The van der Waals surface area contributed by atoms with Gasteiger partial charge >= 0.3 is 0 Å². The van der Waals surface area contributed by atoms with Gasteiger partial charge in [-0.15, -0.1) is 0 Å². The Bertz CT molecular complexity index is 839. The molecule has 1 heterocycles. The van der Waals surface area contributed by atoms with Crippen LogP contribution in [0.25, 0.3) is 10.9 Å². The first kappa shape index (κ1) is 15.8. The summed E-state index contributed by atoms with van der Waals surface area (Å²) in [4.78, 5) is 15.5. The van der Waals surface area contributed by atoms with Crippen LogP contribution in [0.15, 0.2) is 65.9 Å². The van der Waals surface area contributed by atoms with Gasteiger partial charge in [0.25, 0.3) is 5.91 Å². The minimum atomic E-state index is -0.326. The van der Waals surface area contributed by atoms with Crippen LogP contribution in [-0.4, -0.2) is 23.1 Å². The number of benzene rings is 2. The van der Waals surface area contributed by atoms with Crippen LogP contribution in [0.1, 0.15) is 18.9 Å². The van der Waals surface area contributed by atoms with Crippen LogP contribution in [0.2, 0.25) is 0 Å². The summed E-state index contributed by atoms with van der Waals surface area (Å²) in [5.41, 5.74) is 5.51.